The highest BCUT2D eigenvalue weighted by atomic mass is 19.3. The van der Waals surface area contributed by atoms with Gasteiger partial charge in [0.25, 0.3) is 12.9 Å². The minimum atomic E-state index is -3.68. The molecular formula is C10H8F4O3. The van der Waals surface area contributed by atoms with Crippen LogP contribution in [-0.4, -0.2) is 29.0 Å². The van der Waals surface area contributed by atoms with E-state index in [0.29, 0.717) is 0 Å². The number of carboxylic acid groups (broad SMARTS) is 1. The molecule has 0 aromatic heterocycles. The van der Waals surface area contributed by atoms with Crippen LogP contribution in [0.2, 0.25) is 0 Å². The first-order chi connectivity index (χ1) is 7.80. The quantitative estimate of drug-likeness (QED) is 0.807. The van der Waals surface area contributed by atoms with Crippen LogP contribution in [0, 0.1) is 0 Å². The van der Waals surface area contributed by atoms with Gasteiger partial charge in [-0.2, -0.15) is 0 Å². The van der Waals surface area contributed by atoms with E-state index >= 15 is 0 Å². The fraction of sp³-hybridized carbons (Fsp3) is 0.300. The van der Waals surface area contributed by atoms with E-state index in [2.05, 4.69) is 0 Å². The van der Waals surface area contributed by atoms with Crippen LogP contribution >= 0.6 is 0 Å². The molecule has 0 heterocycles. The second-order valence-corrected chi connectivity index (χ2v) is 3.31. The highest BCUT2D eigenvalue weighted by Crippen LogP contribution is 2.34. The van der Waals surface area contributed by atoms with Gasteiger partial charge in [-0.1, -0.05) is 12.1 Å². The summed E-state index contributed by atoms with van der Waals surface area (Å²) < 4.78 is 49.7. The Bertz CT molecular complexity index is 395. The van der Waals surface area contributed by atoms with Gasteiger partial charge in [-0.25, -0.2) is 22.4 Å². The van der Waals surface area contributed by atoms with Crippen LogP contribution in [0.4, 0.5) is 17.6 Å². The number of aromatic carboxylic acids is 1. The van der Waals surface area contributed by atoms with Crippen molar-refractivity contribution in [3.05, 3.63) is 35.4 Å². The first-order valence-corrected chi connectivity index (χ1v) is 4.42. The number of carbonyl (C=O) groups is 1. The SMILES string of the molecule is O=C(O)c1ccc(C(O)(C(F)F)C(F)F)cc1. The third-order valence-corrected chi connectivity index (χ3v) is 2.26. The van der Waals surface area contributed by atoms with Gasteiger partial charge in [0.1, 0.15) is 0 Å². The second kappa shape index (κ2) is 4.70. The van der Waals surface area contributed by atoms with Crippen LogP contribution in [0.25, 0.3) is 0 Å². The highest BCUT2D eigenvalue weighted by molar-refractivity contribution is 5.87. The van der Waals surface area contributed by atoms with E-state index in [1.165, 1.54) is 0 Å². The molecule has 1 rings (SSSR count). The smallest absolute Gasteiger partial charge is 0.335 e. The predicted molar refractivity (Wildman–Crippen MR) is 49.3 cm³/mol. The number of alkyl halides is 4. The highest BCUT2D eigenvalue weighted by Gasteiger charge is 2.48. The summed E-state index contributed by atoms with van der Waals surface area (Å²) in [5.41, 5.74) is -4.57. The molecule has 0 spiro atoms. The summed E-state index contributed by atoms with van der Waals surface area (Å²) in [5, 5.41) is 17.8. The summed E-state index contributed by atoms with van der Waals surface area (Å²) in [4.78, 5) is 10.5. The van der Waals surface area contributed by atoms with Gasteiger partial charge in [0.05, 0.1) is 5.56 Å². The van der Waals surface area contributed by atoms with Crippen molar-refractivity contribution in [2.45, 2.75) is 18.5 Å². The van der Waals surface area contributed by atoms with Crippen LogP contribution in [-0.2, 0) is 5.60 Å². The van der Waals surface area contributed by atoms with Gasteiger partial charge >= 0.3 is 5.97 Å². The van der Waals surface area contributed by atoms with Crippen molar-refractivity contribution in [3.8, 4) is 0 Å². The monoisotopic (exact) mass is 252 g/mol. The molecule has 1 aromatic rings. The van der Waals surface area contributed by atoms with Gasteiger partial charge in [-0.05, 0) is 17.7 Å². The maximum absolute atomic E-state index is 12.4. The Morgan fingerprint density at radius 3 is 1.76 bits per heavy atom. The normalized spacial score (nSPS) is 12.2. The Balaban J connectivity index is 3.17. The third kappa shape index (κ3) is 2.38. The number of hydrogen-bond donors (Lipinski definition) is 2. The fourth-order valence-electron chi connectivity index (χ4n) is 1.23. The van der Waals surface area contributed by atoms with Crippen molar-refractivity contribution in [1.82, 2.24) is 0 Å². The Morgan fingerprint density at radius 1 is 1.06 bits per heavy atom. The molecule has 0 aliphatic carbocycles. The summed E-state index contributed by atoms with van der Waals surface area (Å²) in [5.74, 6) is -1.32. The summed E-state index contributed by atoms with van der Waals surface area (Å²) in [6.45, 7) is 0. The van der Waals surface area contributed by atoms with Crippen molar-refractivity contribution in [2.24, 2.45) is 0 Å². The largest absolute Gasteiger partial charge is 0.478 e. The van der Waals surface area contributed by atoms with Crippen molar-refractivity contribution in [3.63, 3.8) is 0 Å². The molecule has 2 N–H and O–H groups in total. The lowest BCUT2D eigenvalue weighted by Gasteiger charge is -2.26. The maximum atomic E-state index is 12.4. The van der Waals surface area contributed by atoms with Gasteiger partial charge < -0.3 is 10.2 Å². The molecule has 0 bridgehead atoms. The van der Waals surface area contributed by atoms with Crippen LogP contribution in [0.1, 0.15) is 15.9 Å². The molecular weight excluding hydrogens is 244 g/mol. The molecule has 3 nitrogen and oxygen atoms in total. The van der Waals surface area contributed by atoms with Crippen molar-refractivity contribution >= 4 is 5.97 Å². The molecule has 0 fully saturated rings. The molecule has 0 aliphatic rings. The first-order valence-electron chi connectivity index (χ1n) is 4.42. The van der Waals surface area contributed by atoms with Gasteiger partial charge in [-0.3, -0.25) is 0 Å². The summed E-state index contributed by atoms with van der Waals surface area (Å²) >= 11 is 0. The molecule has 17 heavy (non-hydrogen) atoms. The van der Waals surface area contributed by atoms with E-state index in [9.17, 15) is 27.5 Å². The molecule has 0 unspecified atom stereocenters. The zero-order valence-electron chi connectivity index (χ0n) is 8.28. The van der Waals surface area contributed by atoms with Gasteiger partial charge in [-0.15, -0.1) is 0 Å². The number of benzene rings is 1. The third-order valence-electron chi connectivity index (χ3n) is 2.26. The molecule has 94 valence electrons. The summed E-state index contributed by atoms with van der Waals surface area (Å²) in [7, 11) is 0. The van der Waals surface area contributed by atoms with Crippen LogP contribution in [0.15, 0.2) is 24.3 Å². The lowest BCUT2D eigenvalue weighted by molar-refractivity contribution is -0.183. The number of rotatable bonds is 4. The molecule has 0 atom stereocenters. The van der Waals surface area contributed by atoms with Gasteiger partial charge in [0.15, 0.2) is 0 Å². The average Bonchev–Trinajstić information content (AvgIpc) is 2.27. The minimum absolute atomic E-state index is 0.250. The van der Waals surface area contributed by atoms with Crippen LogP contribution in [0.5, 0.6) is 0 Å². The lowest BCUT2D eigenvalue weighted by Crippen LogP contribution is -2.41. The molecule has 0 aliphatic heterocycles. The standard InChI is InChI=1S/C10H8F4O3/c11-8(12)10(17,9(13)14)6-3-1-5(2-4-6)7(15)16/h1-4,8-9,17H,(H,15,16). The second-order valence-electron chi connectivity index (χ2n) is 3.31. The lowest BCUT2D eigenvalue weighted by atomic mass is 9.94. The van der Waals surface area contributed by atoms with Crippen LogP contribution < -0.4 is 0 Å². The molecule has 1 aromatic carbocycles. The Hall–Kier alpha value is -1.63. The topological polar surface area (TPSA) is 57.5 Å². The summed E-state index contributed by atoms with van der Waals surface area (Å²) in [6, 6.07) is 3.21. The van der Waals surface area contributed by atoms with E-state index in [1.807, 2.05) is 0 Å². The zero-order chi connectivity index (χ0) is 13.2. The van der Waals surface area contributed by atoms with E-state index < -0.39 is 30.0 Å². The molecule has 0 radical (unpaired) electrons. The molecule has 7 heteroatoms. The Labute approximate surface area is 93.3 Å². The van der Waals surface area contributed by atoms with E-state index in [-0.39, 0.29) is 5.56 Å². The Kier molecular flexibility index (Phi) is 3.72. The Morgan fingerprint density at radius 2 is 1.47 bits per heavy atom. The van der Waals surface area contributed by atoms with Crippen LogP contribution in [0.3, 0.4) is 0 Å². The minimum Gasteiger partial charge on any atom is -0.478 e. The van der Waals surface area contributed by atoms with Crippen molar-refractivity contribution in [1.29, 1.82) is 0 Å². The fourth-order valence-corrected chi connectivity index (χ4v) is 1.23. The van der Waals surface area contributed by atoms with E-state index in [0.717, 1.165) is 24.3 Å². The number of halogens is 4. The number of hydrogen-bond acceptors (Lipinski definition) is 2. The van der Waals surface area contributed by atoms with E-state index in [4.69, 9.17) is 5.11 Å². The van der Waals surface area contributed by atoms with Crippen molar-refractivity contribution in [2.75, 3.05) is 0 Å². The zero-order valence-corrected chi connectivity index (χ0v) is 8.28. The predicted octanol–water partition coefficient (Wildman–Crippen LogP) is 2.10. The first kappa shape index (κ1) is 13.4. The number of carboxylic acids is 1. The average molecular weight is 252 g/mol. The molecule has 0 amide bonds. The molecule has 0 saturated carbocycles. The van der Waals surface area contributed by atoms with Gasteiger partial charge in [0, 0.05) is 0 Å². The number of aliphatic hydroxyl groups is 1. The van der Waals surface area contributed by atoms with Crippen molar-refractivity contribution < 1.29 is 32.6 Å². The van der Waals surface area contributed by atoms with E-state index in [1.54, 1.807) is 0 Å². The van der Waals surface area contributed by atoms with Gasteiger partial charge in [0.2, 0.25) is 5.60 Å². The maximum Gasteiger partial charge on any atom is 0.335 e. The summed E-state index contributed by atoms with van der Waals surface area (Å²) in [6.07, 6.45) is -7.36. The molecule has 0 saturated heterocycles.